The molecule has 4 nitrogen and oxygen atoms in total. The van der Waals surface area contributed by atoms with Crippen LogP contribution in [0.2, 0.25) is 5.02 Å². The second kappa shape index (κ2) is 7.61. The maximum Gasteiger partial charge on any atom is 0.220 e. The molecule has 2 aromatic rings. The van der Waals surface area contributed by atoms with Crippen LogP contribution in [0.5, 0.6) is 0 Å². The number of likely N-dealkylation sites (tertiary alicyclic amines) is 1. The van der Waals surface area contributed by atoms with Crippen LogP contribution in [0.15, 0.2) is 18.2 Å². The largest absolute Gasteiger partial charge is 0.356 e. The van der Waals surface area contributed by atoms with E-state index in [-0.39, 0.29) is 5.91 Å². The third-order valence-electron chi connectivity index (χ3n) is 5.85. The zero-order chi connectivity index (χ0) is 18.1. The fraction of sp³-hybridized carbons (Fsp3) is 0.571. The van der Waals surface area contributed by atoms with Gasteiger partial charge in [0.05, 0.1) is 10.5 Å². The fourth-order valence-corrected chi connectivity index (χ4v) is 4.37. The lowest BCUT2D eigenvalue weighted by atomic mass is 9.93. The van der Waals surface area contributed by atoms with E-state index < -0.39 is 0 Å². The number of carbonyl (C=O) groups excluding carboxylic acids is 1. The number of nitrogens with zero attached hydrogens (tertiary/aromatic N) is 1. The van der Waals surface area contributed by atoms with E-state index in [4.69, 9.17) is 11.6 Å². The predicted molar refractivity (Wildman–Crippen MR) is 106 cm³/mol. The van der Waals surface area contributed by atoms with Crippen molar-refractivity contribution in [3.8, 4) is 0 Å². The van der Waals surface area contributed by atoms with Crippen molar-refractivity contribution in [3.05, 3.63) is 34.5 Å². The van der Waals surface area contributed by atoms with Crippen LogP contribution in [0.1, 0.15) is 49.8 Å². The molecule has 1 amide bonds. The number of carbonyl (C=O) groups is 1. The average Bonchev–Trinajstić information content (AvgIpc) is 3.39. The molecule has 26 heavy (non-hydrogen) atoms. The lowest BCUT2D eigenvalue weighted by Gasteiger charge is -2.32. The summed E-state index contributed by atoms with van der Waals surface area (Å²) in [5.41, 5.74) is 3.61. The SMILES string of the molecule is Cc1c(CN2CCCC(CCC(=O)NC3CC3)C2)[nH]c2c(Cl)cccc12. The number of benzene rings is 1. The van der Waals surface area contributed by atoms with Crippen molar-refractivity contribution in [3.63, 3.8) is 0 Å². The summed E-state index contributed by atoms with van der Waals surface area (Å²) in [5.74, 6) is 0.868. The summed E-state index contributed by atoms with van der Waals surface area (Å²) in [6.07, 6.45) is 6.47. The maximum absolute atomic E-state index is 11.9. The molecule has 0 bridgehead atoms. The maximum atomic E-state index is 11.9. The van der Waals surface area contributed by atoms with Crippen molar-refractivity contribution < 1.29 is 4.79 Å². The summed E-state index contributed by atoms with van der Waals surface area (Å²) < 4.78 is 0. The first-order chi connectivity index (χ1) is 12.6. The normalized spacial score (nSPS) is 21.2. The Morgan fingerprint density at radius 2 is 2.19 bits per heavy atom. The van der Waals surface area contributed by atoms with Gasteiger partial charge in [-0.15, -0.1) is 0 Å². The van der Waals surface area contributed by atoms with Crippen LogP contribution in [-0.2, 0) is 11.3 Å². The number of amides is 1. The average molecular weight is 374 g/mol. The van der Waals surface area contributed by atoms with Crippen molar-refractivity contribution in [1.82, 2.24) is 15.2 Å². The van der Waals surface area contributed by atoms with Gasteiger partial charge in [-0.25, -0.2) is 0 Å². The molecule has 2 fully saturated rings. The number of para-hydroxylation sites is 1. The molecule has 1 aliphatic heterocycles. The van der Waals surface area contributed by atoms with Crippen LogP contribution in [0.3, 0.4) is 0 Å². The summed E-state index contributed by atoms with van der Waals surface area (Å²) in [6, 6.07) is 6.56. The standard InChI is InChI=1S/C21H28ClN3O/c1-14-17-5-2-6-18(22)21(17)24-19(14)13-25-11-3-4-15(12-25)7-10-20(26)23-16-8-9-16/h2,5-6,15-16,24H,3-4,7-13H2,1H3,(H,23,26). The minimum absolute atomic E-state index is 0.241. The van der Waals surface area contributed by atoms with Crippen LogP contribution in [-0.4, -0.2) is 34.9 Å². The van der Waals surface area contributed by atoms with Crippen molar-refractivity contribution >= 4 is 28.4 Å². The molecular weight excluding hydrogens is 346 g/mol. The number of hydrogen-bond donors (Lipinski definition) is 2. The molecular formula is C21H28ClN3O. The first-order valence-corrected chi connectivity index (χ1v) is 10.3. The quantitative estimate of drug-likeness (QED) is 0.788. The molecule has 1 aromatic carbocycles. The molecule has 2 aliphatic rings. The van der Waals surface area contributed by atoms with E-state index in [2.05, 4.69) is 28.2 Å². The number of H-pyrrole nitrogens is 1. The van der Waals surface area contributed by atoms with Gasteiger partial charge in [-0.3, -0.25) is 9.69 Å². The minimum Gasteiger partial charge on any atom is -0.356 e. The second-order valence-electron chi connectivity index (χ2n) is 8.01. The summed E-state index contributed by atoms with van der Waals surface area (Å²) >= 11 is 6.34. The van der Waals surface area contributed by atoms with Gasteiger partial charge in [-0.2, -0.15) is 0 Å². The number of rotatable bonds is 6. The Kier molecular flexibility index (Phi) is 5.23. The number of piperidine rings is 1. The molecule has 2 N–H and O–H groups in total. The summed E-state index contributed by atoms with van der Waals surface area (Å²) in [7, 11) is 0. The Hall–Kier alpha value is -1.52. The van der Waals surface area contributed by atoms with E-state index in [0.29, 0.717) is 18.4 Å². The van der Waals surface area contributed by atoms with Crippen molar-refractivity contribution in [2.45, 2.75) is 58.0 Å². The van der Waals surface area contributed by atoms with Crippen LogP contribution >= 0.6 is 11.6 Å². The number of fused-ring (bicyclic) bond motifs is 1. The van der Waals surface area contributed by atoms with Gasteiger partial charge in [0.2, 0.25) is 5.91 Å². The highest BCUT2D eigenvalue weighted by Crippen LogP contribution is 2.29. The fourth-order valence-electron chi connectivity index (χ4n) is 4.15. The molecule has 1 unspecified atom stereocenters. The van der Waals surface area contributed by atoms with E-state index in [1.54, 1.807) is 0 Å². The first kappa shape index (κ1) is 17.9. The Morgan fingerprint density at radius 1 is 1.35 bits per heavy atom. The van der Waals surface area contributed by atoms with Crippen LogP contribution in [0.25, 0.3) is 10.9 Å². The summed E-state index contributed by atoms with van der Waals surface area (Å²) in [4.78, 5) is 18.0. The van der Waals surface area contributed by atoms with E-state index >= 15 is 0 Å². The molecule has 1 saturated carbocycles. The molecule has 4 rings (SSSR count). The van der Waals surface area contributed by atoms with Gasteiger partial charge >= 0.3 is 0 Å². The number of halogens is 1. The van der Waals surface area contributed by atoms with E-state index in [1.807, 2.05) is 12.1 Å². The van der Waals surface area contributed by atoms with Crippen molar-refractivity contribution in [2.75, 3.05) is 13.1 Å². The van der Waals surface area contributed by atoms with Gasteiger partial charge in [-0.1, -0.05) is 23.7 Å². The van der Waals surface area contributed by atoms with Gasteiger partial charge < -0.3 is 10.3 Å². The molecule has 5 heteroatoms. The minimum atomic E-state index is 0.241. The molecule has 140 valence electrons. The lowest BCUT2D eigenvalue weighted by Crippen LogP contribution is -2.36. The predicted octanol–water partition coefficient (Wildman–Crippen LogP) is 4.40. The van der Waals surface area contributed by atoms with Crippen LogP contribution < -0.4 is 5.32 Å². The van der Waals surface area contributed by atoms with E-state index in [9.17, 15) is 4.79 Å². The third kappa shape index (κ3) is 4.07. The van der Waals surface area contributed by atoms with Gasteiger partial charge in [-0.05, 0) is 63.1 Å². The summed E-state index contributed by atoms with van der Waals surface area (Å²) in [5, 5.41) is 5.11. The Balaban J connectivity index is 1.35. The van der Waals surface area contributed by atoms with Crippen molar-refractivity contribution in [1.29, 1.82) is 0 Å². The first-order valence-electron chi connectivity index (χ1n) is 9.87. The van der Waals surface area contributed by atoms with Crippen LogP contribution in [0.4, 0.5) is 0 Å². The number of aryl methyl sites for hydroxylation is 1. The van der Waals surface area contributed by atoms with Gasteiger partial charge in [0.25, 0.3) is 0 Å². The molecule has 0 spiro atoms. The number of aromatic nitrogens is 1. The van der Waals surface area contributed by atoms with Gasteiger partial charge in [0.15, 0.2) is 0 Å². The monoisotopic (exact) mass is 373 g/mol. The van der Waals surface area contributed by atoms with Crippen molar-refractivity contribution in [2.24, 2.45) is 5.92 Å². The smallest absolute Gasteiger partial charge is 0.220 e. The number of hydrogen-bond acceptors (Lipinski definition) is 2. The lowest BCUT2D eigenvalue weighted by molar-refractivity contribution is -0.121. The number of aromatic amines is 1. The second-order valence-corrected chi connectivity index (χ2v) is 8.42. The number of nitrogens with one attached hydrogen (secondary N) is 2. The molecule has 1 aliphatic carbocycles. The summed E-state index contributed by atoms with van der Waals surface area (Å²) in [6.45, 7) is 5.32. The van der Waals surface area contributed by atoms with Gasteiger partial charge in [0.1, 0.15) is 0 Å². The Labute approximate surface area is 160 Å². The van der Waals surface area contributed by atoms with Gasteiger partial charge in [0, 0.05) is 36.6 Å². The van der Waals surface area contributed by atoms with E-state index in [0.717, 1.165) is 49.4 Å². The van der Waals surface area contributed by atoms with E-state index in [1.165, 1.54) is 29.5 Å². The Bertz CT molecular complexity index is 796. The molecule has 1 aromatic heterocycles. The molecule has 1 atom stereocenters. The highest BCUT2D eigenvalue weighted by atomic mass is 35.5. The molecule has 2 heterocycles. The highest BCUT2D eigenvalue weighted by Gasteiger charge is 2.25. The zero-order valence-electron chi connectivity index (χ0n) is 15.5. The third-order valence-corrected chi connectivity index (χ3v) is 6.17. The van der Waals surface area contributed by atoms with Crippen LogP contribution in [0, 0.1) is 12.8 Å². The Morgan fingerprint density at radius 3 is 2.96 bits per heavy atom. The topological polar surface area (TPSA) is 48.1 Å². The molecule has 1 saturated heterocycles. The highest BCUT2D eigenvalue weighted by molar-refractivity contribution is 6.35. The zero-order valence-corrected chi connectivity index (χ0v) is 16.2. The molecule has 0 radical (unpaired) electrons.